The Labute approximate surface area is 402 Å². The third-order valence-corrected chi connectivity index (χ3v) is 10.8. The fourth-order valence-corrected chi connectivity index (χ4v) is 7.18. The smallest absolute Gasteiger partial charge is 0.354 e. The van der Waals surface area contributed by atoms with Crippen LogP contribution in [0.25, 0.3) is 12.2 Å². The monoisotopic (exact) mass is 938 g/mol. The van der Waals surface area contributed by atoms with Crippen molar-refractivity contribution in [2.45, 2.75) is 37.6 Å². The van der Waals surface area contributed by atoms with E-state index in [0.29, 0.717) is 35.8 Å². The topological polar surface area (TPSA) is 199 Å². The van der Waals surface area contributed by atoms with Crippen molar-refractivity contribution in [2.75, 3.05) is 19.8 Å². The Morgan fingerprint density at radius 1 is 0.500 bits per heavy atom. The van der Waals surface area contributed by atoms with Gasteiger partial charge in [0.1, 0.15) is 77.5 Å². The fourth-order valence-electron chi connectivity index (χ4n) is 7.18. The largest absolute Gasteiger partial charge is 0.489 e. The van der Waals surface area contributed by atoms with Gasteiger partial charge >= 0.3 is 23.9 Å². The molecule has 350 valence electrons. The highest BCUT2D eigenvalue weighted by Gasteiger charge is 2.51. The maximum absolute atomic E-state index is 13.1. The van der Waals surface area contributed by atoms with E-state index in [1.54, 1.807) is 48.5 Å². The minimum Gasteiger partial charge on any atom is -0.489 e. The van der Waals surface area contributed by atoms with Gasteiger partial charge in [0.05, 0.1) is 18.8 Å². The maximum atomic E-state index is 13.1. The first-order valence-corrected chi connectivity index (χ1v) is 21.9. The lowest BCUT2D eigenvalue weighted by molar-refractivity contribution is -0.156. The summed E-state index contributed by atoms with van der Waals surface area (Å²) in [6, 6.07) is 48.5. The second-order valence-corrected chi connectivity index (χ2v) is 15.7. The van der Waals surface area contributed by atoms with Crippen LogP contribution in [0.3, 0.4) is 0 Å². The van der Waals surface area contributed by atoms with Crippen molar-refractivity contribution in [2.24, 2.45) is 0 Å². The number of esters is 4. The Hall–Kier alpha value is -9.02. The van der Waals surface area contributed by atoms with E-state index in [1.165, 1.54) is 60.7 Å². The molecule has 0 radical (unpaired) electrons. The molecule has 0 aliphatic carbocycles. The van der Waals surface area contributed by atoms with Gasteiger partial charge in [-0.25, -0.2) is 19.2 Å². The first-order chi connectivity index (χ1) is 34.2. The number of fused-ring (bicyclic) bond motifs is 1. The van der Waals surface area contributed by atoms with Crippen molar-refractivity contribution < 1.29 is 61.8 Å². The minimum absolute atomic E-state index is 0.00349. The maximum Gasteiger partial charge on any atom is 0.354 e. The summed E-state index contributed by atoms with van der Waals surface area (Å²) in [6.07, 6.45) is -0.173. The quantitative estimate of drug-likeness (QED) is 0.0346. The Balaban J connectivity index is 0.744. The SMILES string of the molecule is N#C/C(=C\c1ccc(OCc2ccccc2)cc1)C(=O)Oc1ccc(OCC(=O)O[C@@H]2CO[C@@H]3[C@H]2OC[C@H]3OC(=O)c2ccc(OC(=O)/C(C#N)=C/c3ccc(OCc4ccccc4)cc3)cc2)cc1. The number of ether oxygens (including phenoxy) is 9. The summed E-state index contributed by atoms with van der Waals surface area (Å²) in [5.74, 6) is -1.33. The summed E-state index contributed by atoms with van der Waals surface area (Å²) >= 11 is 0. The number of carbonyl (C=O) groups excluding carboxylic acids is 4. The second-order valence-electron chi connectivity index (χ2n) is 15.7. The van der Waals surface area contributed by atoms with Crippen LogP contribution in [0.4, 0.5) is 0 Å². The standard InChI is InChI=1S/C55H42N2O13/c56-29-41(27-36-11-17-43(18-12-36)62-31-38-7-3-1-4-8-38)54(60)67-46-21-15-40(16-22-46)53(59)70-49-34-66-51-48(33-65-52(49)51)69-50(58)35-64-45-23-25-47(26-24-45)68-55(61)42(30-57)28-37-13-19-44(20-14-37)63-32-39-9-5-2-6-10-39/h1-28,48-49,51-52H,31-35H2/b41-27+,42-28+/t48-,49-,51+,52+/m1/s1. The van der Waals surface area contributed by atoms with E-state index in [9.17, 15) is 29.7 Å². The van der Waals surface area contributed by atoms with Gasteiger partial charge in [-0.2, -0.15) is 10.5 Å². The second kappa shape index (κ2) is 23.1. The first kappa shape index (κ1) is 47.5. The first-order valence-electron chi connectivity index (χ1n) is 21.9. The van der Waals surface area contributed by atoms with E-state index in [4.69, 9.17) is 42.6 Å². The van der Waals surface area contributed by atoms with Crippen LogP contribution < -0.4 is 23.7 Å². The van der Waals surface area contributed by atoms with E-state index in [-0.39, 0.29) is 47.2 Å². The summed E-state index contributed by atoms with van der Waals surface area (Å²) in [7, 11) is 0. The molecule has 2 heterocycles. The van der Waals surface area contributed by atoms with Crippen LogP contribution in [0, 0.1) is 22.7 Å². The molecule has 2 fully saturated rings. The van der Waals surface area contributed by atoms with Crippen LogP contribution >= 0.6 is 0 Å². The van der Waals surface area contributed by atoms with E-state index in [0.717, 1.165) is 11.1 Å². The van der Waals surface area contributed by atoms with Crippen LogP contribution in [-0.4, -0.2) is 68.1 Å². The lowest BCUT2D eigenvalue weighted by atomic mass is 10.1. The average molecular weight is 939 g/mol. The lowest BCUT2D eigenvalue weighted by Crippen LogP contribution is -2.36. The Morgan fingerprint density at radius 2 is 0.900 bits per heavy atom. The zero-order chi connectivity index (χ0) is 48.7. The predicted octanol–water partition coefficient (Wildman–Crippen LogP) is 8.18. The number of hydrogen-bond donors (Lipinski definition) is 0. The molecule has 0 amide bonds. The number of nitriles is 2. The summed E-state index contributed by atoms with van der Waals surface area (Å²) in [6.45, 7) is 0.333. The van der Waals surface area contributed by atoms with Crippen molar-refractivity contribution in [3.63, 3.8) is 0 Å². The highest BCUT2D eigenvalue weighted by atomic mass is 16.7. The molecule has 0 aromatic heterocycles. The highest BCUT2D eigenvalue weighted by molar-refractivity contribution is 6.00. The van der Waals surface area contributed by atoms with Crippen molar-refractivity contribution in [3.8, 4) is 40.9 Å². The van der Waals surface area contributed by atoms with Gasteiger partial charge in [0, 0.05) is 0 Å². The molecule has 15 nitrogen and oxygen atoms in total. The molecule has 2 saturated heterocycles. The summed E-state index contributed by atoms with van der Waals surface area (Å²) in [5.41, 5.74) is 2.95. The van der Waals surface area contributed by atoms with Crippen LogP contribution in [0.2, 0.25) is 0 Å². The number of hydrogen-bond acceptors (Lipinski definition) is 15. The third kappa shape index (κ3) is 12.9. The highest BCUT2D eigenvalue weighted by Crippen LogP contribution is 2.32. The molecule has 0 N–H and O–H groups in total. The van der Waals surface area contributed by atoms with E-state index < -0.39 is 54.9 Å². The Bertz CT molecular complexity index is 2930. The number of benzene rings is 6. The molecule has 0 unspecified atom stereocenters. The van der Waals surface area contributed by atoms with E-state index in [2.05, 4.69) is 0 Å². The van der Waals surface area contributed by atoms with Gasteiger partial charge in [0.25, 0.3) is 0 Å². The minimum atomic E-state index is -0.878. The molecule has 0 saturated carbocycles. The molecule has 6 aromatic carbocycles. The molecule has 70 heavy (non-hydrogen) atoms. The Kier molecular flexibility index (Phi) is 15.7. The van der Waals surface area contributed by atoms with Crippen molar-refractivity contribution in [3.05, 3.63) is 197 Å². The van der Waals surface area contributed by atoms with Gasteiger partial charge in [-0.05, 0) is 107 Å². The molecule has 8 rings (SSSR count). The summed E-state index contributed by atoms with van der Waals surface area (Å²) in [4.78, 5) is 51.5. The molecule has 15 heteroatoms. The van der Waals surface area contributed by atoms with Gasteiger partial charge in [-0.3, -0.25) is 0 Å². The molecule has 4 atom stereocenters. The number of rotatable bonds is 18. The summed E-state index contributed by atoms with van der Waals surface area (Å²) in [5, 5.41) is 19.3. The average Bonchev–Trinajstić information content (AvgIpc) is 3.99. The van der Waals surface area contributed by atoms with Crippen molar-refractivity contribution in [1.82, 2.24) is 0 Å². The van der Waals surface area contributed by atoms with Gasteiger partial charge in [-0.15, -0.1) is 0 Å². The molecule has 0 spiro atoms. The predicted molar refractivity (Wildman–Crippen MR) is 250 cm³/mol. The van der Waals surface area contributed by atoms with Crippen LogP contribution in [0.5, 0.6) is 28.7 Å². The molecule has 6 aromatic rings. The van der Waals surface area contributed by atoms with Crippen molar-refractivity contribution in [1.29, 1.82) is 10.5 Å². The normalized spacial score (nSPS) is 17.2. The Morgan fingerprint density at radius 3 is 1.36 bits per heavy atom. The molecule has 2 aliphatic heterocycles. The van der Waals surface area contributed by atoms with Crippen LogP contribution in [0.15, 0.2) is 169 Å². The van der Waals surface area contributed by atoms with E-state index >= 15 is 0 Å². The van der Waals surface area contributed by atoms with Gasteiger partial charge < -0.3 is 42.6 Å². The number of nitrogens with zero attached hydrogens (tertiary/aromatic N) is 2. The zero-order valence-corrected chi connectivity index (χ0v) is 37.2. The van der Waals surface area contributed by atoms with E-state index in [1.807, 2.05) is 72.8 Å². The molecular formula is C55H42N2O13. The van der Waals surface area contributed by atoms with Gasteiger partial charge in [0.2, 0.25) is 0 Å². The summed E-state index contributed by atoms with van der Waals surface area (Å²) < 4.78 is 50.8. The van der Waals surface area contributed by atoms with Crippen LogP contribution in [-0.2, 0) is 46.5 Å². The molecular weight excluding hydrogens is 897 g/mol. The van der Waals surface area contributed by atoms with Gasteiger partial charge in [0.15, 0.2) is 18.8 Å². The molecule has 2 aliphatic rings. The van der Waals surface area contributed by atoms with Gasteiger partial charge in [-0.1, -0.05) is 84.9 Å². The third-order valence-electron chi connectivity index (χ3n) is 10.8. The fraction of sp³-hybridized carbons (Fsp3) is 0.164. The lowest BCUT2D eigenvalue weighted by Gasteiger charge is -2.17. The zero-order valence-electron chi connectivity index (χ0n) is 37.2. The van der Waals surface area contributed by atoms with Crippen LogP contribution in [0.1, 0.15) is 32.6 Å². The molecule has 0 bridgehead atoms. The van der Waals surface area contributed by atoms with Crippen molar-refractivity contribution >= 4 is 36.0 Å². The number of carbonyl (C=O) groups is 4.